The number of hydrogen-bond acceptors (Lipinski definition) is 2. The average Bonchev–Trinajstić information content (AvgIpc) is 2.86. The van der Waals surface area contributed by atoms with Crippen LogP contribution in [0.25, 0.3) is 10.1 Å². The predicted molar refractivity (Wildman–Crippen MR) is 87.0 cm³/mol. The van der Waals surface area contributed by atoms with Gasteiger partial charge in [0, 0.05) is 15.6 Å². The highest BCUT2D eigenvalue weighted by Gasteiger charge is 2.12. The van der Waals surface area contributed by atoms with Gasteiger partial charge in [0.25, 0.3) is 0 Å². The van der Waals surface area contributed by atoms with Gasteiger partial charge in [0.1, 0.15) is 0 Å². The molecule has 19 heavy (non-hydrogen) atoms. The van der Waals surface area contributed by atoms with Crippen LogP contribution in [0.1, 0.15) is 56.4 Å². The molecule has 0 bridgehead atoms. The molecule has 1 aromatic heterocycles. The third kappa shape index (κ3) is 4.05. The van der Waals surface area contributed by atoms with Gasteiger partial charge in [0.05, 0.1) is 0 Å². The molecule has 0 saturated heterocycles. The number of nitrogens with one attached hydrogen (secondary N) is 1. The largest absolute Gasteiger partial charge is 0.312 e. The third-order valence-corrected chi connectivity index (χ3v) is 4.96. The van der Waals surface area contributed by atoms with E-state index in [-0.39, 0.29) is 0 Å². The van der Waals surface area contributed by atoms with Crippen molar-refractivity contribution < 1.29 is 0 Å². The Morgan fingerprint density at radius 3 is 2.63 bits per heavy atom. The molecule has 0 spiro atoms. The predicted octanol–water partition coefficient (Wildman–Crippen LogP) is 5.52. The molecule has 0 aliphatic rings. The Hall–Kier alpha value is -0.860. The van der Waals surface area contributed by atoms with Crippen molar-refractivity contribution in [1.82, 2.24) is 5.32 Å². The second kappa shape index (κ2) is 7.66. The first-order chi connectivity index (χ1) is 9.35. The van der Waals surface area contributed by atoms with E-state index in [1.807, 2.05) is 11.3 Å². The standard InChI is InChI=1S/C17H25NS/c1-3-4-5-6-7-11-15(18-2)17-13-14-10-8-9-12-16(14)19-17/h8-10,12-13,15,18H,3-7,11H2,1-2H3. The van der Waals surface area contributed by atoms with E-state index in [9.17, 15) is 0 Å². The molecule has 0 aliphatic carbocycles. The van der Waals surface area contributed by atoms with Crippen LogP contribution >= 0.6 is 11.3 Å². The first-order valence-corrected chi connectivity index (χ1v) is 8.32. The first kappa shape index (κ1) is 14.5. The van der Waals surface area contributed by atoms with Crippen LogP contribution in [0.3, 0.4) is 0 Å². The Balaban J connectivity index is 1.93. The lowest BCUT2D eigenvalue weighted by Gasteiger charge is -2.14. The van der Waals surface area contributed by atoms with Gasteiger partial charge in [-0.3, -0.25) is 0 Å². The van der Waals surface area contributed by atoms with Crippen molar-refractivity contribution in [2.45, 2.75) is 51.5 Å². The summed E-state index contributed by atoms with van der Waals surface area (Å²) in [6, 6.07) is 11.6. The number of fused-ring (bicyclic) bond motifs is 1. The number of hydrogen-bond donors (Lipinski definition) is 1. The molecule has 0 fully saturated rings. The lowest BCUT2D eigenvalue weighted by atomic mass is 10.0. The number of unbranched alkanes of at least 4 members (excludes halogenated alkanes) is 4. The fraction of sp³-hybridized carbons (Fsp3) is 0.529. The minimum absolute atomic E-state index is 0.527. The van der Waals surface area contributed by atoms with Gasteiger partial charge in [0.2, 0.25) is 0 Å². The van der Waals surface area contributed by atoms with Crippen LogP contribution in [0.2, 0.25) is 0 Å². The molecule has 0 amide bonds. The number of rotatable bonds is 8. The molecule has 104 valence electrons. The lowest BCUT2D eigenvalue weighted by Crippen LogP contribution is -2.14. The molecule has 0 saturated carbocycles. The summed E-state index contributed by atoms with van der Waals surface area (Å²) in [7, 11) is 2.08. The third-order valence-electron chi connectivity index (χ3n) is 3.73. The smallest absolute Gasteiger partial charge is 0.0412 e. The maximum Gasteiger partial charge on any atom is 0.0412 e. The molecule has 2 rings (SSSR count). The summed E-state index contributed by atoms with van der Waals surface area (Å²) < 4.78 is 1.41. The Morgan fingerprint density at radius 2 is 1.89 bits per heavy atom. The van der Waals surface area contributed by atoms with Crippen molar-refractivity contribution in [3.05, 3.63) is 35.2 Å². The van der Waals surface area contributed by atoms with Crippen LogP contribution in [0.15, 0.2) is 30.3 Å². The fourth-order valence-corrected chi connectivity index (χ4v) is 3.76. The number of benzene rings is 1. The van der Waals surface area contributed by atoms with E-state index in [1.54, 1.807) is 0 Å². The van der Waals surface area contributed by atoms with Crippen LogP contribution in [0, 0.1) is 0 Å². The average molecular weight is 275 g/mol. The summed E-state index contributed by atoms with van der Waals surface area (Å²) in [6.45, 7) is 2.27. The molecule has 1 heterocycles. The molecular formula is C17H25NS. The highest BCUT2D eigenvalue weighted by atomic mass is 32.1. The monoisotopic (exact) mass is 275 g/mol. The quantitative estimate of drug-likeness (QED) is 0.625. The zero-order valence-electron chi connectivity index (χ0n) is 12.1. The van der Waals surface area contributed by atoms with Crippen LogP contribution in [0.5, 0.6) is 0 Å². The van der Waals surface area contributed by atoms with Crippen molar-refractivity contribution >= 4 is 21.4 Å². The maximum absolute atomic E-state index is 3.48. The van der Waals surface area contributed by atoms with Crippen LogP contribution in [-0.4, -0.2) is 7.05 Å². The Labute approximate surface area is 121 Å². The van der Waals surface area contributed by atoms with E-state index in [0.717, 1.165) is 0 Å². The summed E-state index contributed by atoms with van der Waals surface area (Å²) in [5, 5.41) is 4.86. The van der Waals surface area contributed by atoms with Crippen molar-refractivity contribution in [3.63, 3.8) is 0 Å². The highest BCUT2D eigenvalue weighted by molar-refractivity contribution is 7.19. The molecule has 1 aromatic carbocycles. The van der Waals surface area contributed by atoms with E-state index in [4.69, 9.17) is 0 Å². The normalized spacial score (nSPS) is 12.9. The zero-order valence-corrected chi connectivity index (χ0v) is 12.9. The summed E-state index contributed by atoms with van der Waals surface area (Å²) in [6.07, 6.45) is 8.06. The molecular weight excluding hydrogens is 250 g/mol. The van der Waals surface area contributed by atoms with Gasteiger partial charge in [-0.25, -0.2) is 0 Å². The second-order valence-electron chi connectivity index (χ2n) is 5.23. The van der Waals surface area contributed by atoms with E-state index in [0.29, 0.717) is 6.04 Å². The van der Waals surface area contributed by atoms with Crippen molar-refractivity contribution in [3.8, 4) is 0 Å². The molecule has 1 nitrogen and oxygen atoms in total. The van der Waals surface area contributed by atoms with Gasteiger partial charge in [-0.1, -0.05) is 57.2 Å². The minimum atomic E-state index is 0.527. The van der Waals surface area contributed by atoms with Crippen LogP contribution < -0.4 is 5.32 Å². The summed E-state index contributed by atoms with van der Waals surface area (Å²) in [5.41, 5.74) is 0. The summed E-state index contributed by atoms with van der Waals surface area (Å²) in [5.74, 6) is 0. The summed E-state index contributed by atoms with van der Waals surface area (Å²) in [4.78, 5) is 1.49. The molecule has 0 radical (unpaired) electrons. The van der Waals surface area contributed by atoms with E-state index < -0.39 is 0 Å². The van der Waals surface area contributed by atoms with Gasteiger partial charge in [-0.15, -0.1) is 11.3 Å². The lowest BCUT2D eigenvalue weighted by molar-refractivity contribution is 0.506. The van der Waals surface area contributed by atoms with E-state index in [1.165, 1.54) is 53.5 Å². The number of thiophene rings is 1. The maximum atomic E-state index is 3.48. The first-order valence-electron chi connectivity index (χ1n) is 7.51. The zero-order chi connectivity index (χ0) is 13.5. The topological polar surface area (TPSA) is 12.0 Å². The molecule has 0 aliphatic heterocycles. The van der Waals surface area contributed by atoms with Crippen molar-refractivity contribution in [2.75, 3.05) is 7.05 Å². The summed E-state index contributed by atoms with van der Waals surface area (Å²) >= 11 is 1.94. The van der Waals surface area contributed by atoms with Gasteiger partial charge < -0.3 is 5.32 Å². The molecule has 1 atom stereocenters. The van der Waals surface area contributed by atoms with Gasteiger partial charge in [0.15, 0.2) is 0 Å². The fourth-order valence-electron chi connectivity index (χ4n) is 2.56. The van der Waals surface area contributed by atoms with Crippen molar-refractivity contribution in [2.24, 2.45) is 0 Å². The Kier molecular flexibility index (Phi) is 5.87. The molecule has 1 unspecified atom stereocenters. The Bertz CT molecular complexity index is 456. The second-order valence-corrected chi connectivity index (χ2v) is 6.35. The van der Waals surface area contributed by atoms with Crippen LogP contribution in [0.4, 0.5) is 0 Å². The highest BCUT2D eigenvalue weighted by Crippen LogP contribution is 2.31. The molecule has 1 N–H and O–H groups in total. The van der Waals surface area contributed by atoms with Gasteiger partial charge in [-0.05, 0) is 31.0 Å². The van der Waals surface area contributed by atoms with E-state index in [2.05, 4.69) is 49.6 Å². The SMILES string of the molecule is CCCCCCCC(NC)c1cc2ccccc2s1. The van der Waals surface area contributed by atoms with E-state index >= 15 is 0 Å². The van der Waals surface area contributed by atoms with Gasteiger partial charge in [-0.2, -0.15) is 0 Å². The Morgan fingerprint density at radius 1 is 1.11 bits per heavy atom. The minimum Gasteiger partial charge on any atom is -0.312 e. The van der Waals surface area contributed by atoms with Crippen LogP contribution in [-0.2, 0) is 0 Å². The van der Waals surface area contributed by atoms with Gasteiger partial charge >= 0.3 is 0 Å². The molecule has 2 aromatic rings. The van der Waals surface area contributed by atoms with Crippen molar-refractivity contribution in [1.29, 1.82) is 0 Å². The molecule has 2 heteroatoms.